The van der Waals surface area contributed by atoms with E-state index >= 15 is 0 Å². The zero-order valence-corrected chi connectivity index (χ0v) is 16.8. The smallest absolute Gasteiger partial charge is 0.411 e. The molecule has 7 nitrogen and oxygen atoms in total. The van der Waals surface area contributed by atoms with Gasteiger partial charge in [-0.05, 0) is 43.4 Å². The largest absolute Gasteiger partial charge is 0.449 e. The summed E-state index contributed by atoms with van der Waals surface area (Å²) in [6.45, 7) is 0.243. The molecule has 1 unspecified atom stereocenters. The van der Waals surface area contributed by atoms with Crippen LogP contribution in [0, 0.1) is 11.7 Å². The minimum atomic E-state index is -0.681. The van der Waals surface area contributed by atoms with Crippen LogP contribution in [0.15, 0.2) is 48.8 Å². The van der Waals surface area contributed by atoms with Gasteiger partial charge in [-0.2, -0.15) is 0 Å². The number of aryl methyl sites for hydroxylation is 1. The monoisotopic (exact) mass is 419 g/mol. The second-order valence-corrected chi connectivity index (χ2v) is 7.77. The van der Waals surface area contributed by atoms with E-state index in [1.807, 2.05) is 28.9 Å². The third-order valence-electron chi connectivity index (χ3n) is 5.76. The van der Waals surface area contributed by atoms with Gasteiger partial charge in [-0.15, -0.1) is 0 Å². The van der Waals surface area contributed by atoms with Gasteiger partial charge >= 0.3 is 6.09 Å². The fourth-order valence-corrected chi connectivity index (χ4v) is 4.31. The van der Waals surface area contributed by atoms with E-state index in [4.69, 9.17) is 10.5 Å². The summed E-state index contributed by atoms with van der Waals surface area (Å²) in [6, 6.07) is 4.66. The molecule has 3 N–H and O–H groups in total. The minimum absolute atomic E-state index is 0.0603. The Morgan fingerprint density at radius 2 is 2.19 bits per heavy atom. The number of nitrogen functional groups attached to an aromatic ring is 1. The lowest BCUT2D eigenvalue weighted by atomic mass is 10.0. The van der Waals surface area contributed by atoms with E-state index in [-0.39, 0.29) is 18.2 Å². The molecule has 158 valence electrons. The molecule has 2 heterocycles. The van der Waals surface area contributed by atoms with Gasteiger partial charge < -0.3 is 15.0 Å². The number of nitrogens with two attached hydrogens (primary N) is 1. The number of rotatable bonds is 4. The fraction of sp³-hybridized carbons (Fsp3) is 0.261. The average Bonchev–Trinajstić information content (AvgIpc) is 3.36. The van der Waals surface area contributed by atoms with Crippen molar-refractivity contribution in [2.75, 3.05) is 17.7 Å². The molecule has 0 fully saturated rings. The van der Waals surface area contributed by atoms with Crippen LogP contribution < -0.4 is 11.1 Å². The number of benzene rings is 1. The molecular weight excluding hydrogens is 397 g/mol. The van der Waals surface area contributed by atoms with Crippen molar-refractivity contribution in [3.8, 4) is 5.69 Å². The van der Waals surface area contributed by atoms with E-state index in [0.717, 1.165) is 42.5 Å². The lowest BCUT2D eigenvalue weighted by Crippen LogP contribution is -2.19. The number of nitrogens with one attached hydrogen (secondary N) is 1. The standard InChI is InChI=1S/C23H22FN5O2/c24-17-11-15(9-10-18(17)28-23(30)31-12-14-5-2-1-3-6-14)29-19-8-4-7-16(19)20-21(29)22(25)27-13-26-20/h1-3,5,9-11,13-14H,4,6-8,12H2,(H,28,30)(H2,25,26,27). The number of fused-ring (bicyclic) bond motifs is 3. The number of hydrogen-bond donors (Lipinski definition) is 2. The molecule has 0 saturated carbocycles. The van der Waals surface area contributed by atoms with E-state index < -0.39 is 11.9 Å². The number of carbonyl (C=O) groups excluding carboxylic acids is 1. The highest BCUT2D eigenvalue weighted by Gasteiger charge is 2.25. The maximum absolute atomic E-state index is 14.9. The Labute approximate surface area is 178 Å². The quantitative estimate of drug-likeness (QED) is 0.657. The number of halogens is 1. The number of allylic oxidation sites excluding steroid dienone is 3. The number of hydrogen-bond acceptors (Lipinski definition) is 5. The lowest BCUT2D eigenvalue weighted by molar-refractivity contribution is 0.149. The van der Waals surface area contributed by atoms with Gasteiger partial charge in [0, 0.05) is 23.4 Å². The molecule has 0 aliphatic heterocycles. The highest BCUT2D eigenvalue weighted by atomic mass is 19.1. The second-order valence-electron chi connectivity index (χ2n) is 7.77. The second kappa shape index (κ2) is 7.86. The molecule has 2 aromatic heterocycles. The van der Waals surface area contributed by atoms with Crippen LogP contribution in [0.2, 0.25) is 0 Å². The Kier molecular flexibility index (Phi) is 4.89. The van der Waals surface area contributed by atoms with Crippen LogP contribution in [-0.2, 0) is 17.6 Å². The molecule has 0 spiro atoms. The highest BCUT2D eigenvalue weighted by molar-refractivity contribution is 5.91. The molecule has 1 aromatic carbocycles. The molecule has 31 heavy (non-hydrogen) atoms. The van der Waals surface area contributed by atoms with Crippen molar-refractivity contribution in [1.82, 2.24) is 14.5 Å². The molecule has 2 aliphatic carbocycles. The Bertz CT molecular complexity index is 1230. The van der Waals surface area contributed by atoms with Crippen molar-refractivity contribution in [1.29, 1.82) is 0 Å². The van der Waals surface area contributed by atoms with Gasteiger partial charge in [0.15, 0.2) is 5.82 Å². The van der Waals surface area contributed by atoms with E-state index in [1.165, 1.54) is 18.5 Å². The normalized spacial score (nSPS) is 17.1. The number of anilines is 2. The van der Waals surface area contributed by atoms with Crippen molar-refractivity contribution in [3.05, 3.63) is 65.9 Å². The van der Waals surface area contributed by atoms with E-state index in [0.29, 0.717) is 17.0 Å². The lowest BCUT2D eigenvalue weighted by Gasteiger charge is -2.15. The maximum atomic E-state index is 14.9. The predicted octanol–water partition coefficient (Wildman–Crippen LogP) is 4.31. The first-order valence-corrected chi connectivity index (χ1v) is 10.3. The predicted molar refractivity (Wildman–Crippen MR) is 117 cm³/mol. The summed E-state index contributed by atoms with van der Waals surface area (Å²) in [5, 5.41) is 2.49. The number of aromatic nitrogens is 3. The molecular formula is C23H22FN5O2. The van der Waals surface area contributed by atoms with Crippen molar-refractivity contribution in [2.24, 2.45) is 5.92 Å². The van der Waals surface area contributed by atoms with Crippen LogP contribution in [0.3, 0.4) is 0 Å². The Balaban J connectivity index is 1.39. The summed E-state index contributed by atoms with van der Waals surface area (Å²) in [5.41, 5.74) is 10.5. The van der Waals surface area contributed by atoms with Crippen LogP contribution in [-0.4, -0.2) is 27.2 Å². The third-order valence-corrected chi connectivity index (χ3v) is 5.76. The van der Waals surface area contributed by atoms with Crippen LogP contribution in [0.25, 0.3) is 16.7 Å². The summed E-state index contributed by atoms with van der Waals surface area (Å²) >= 11 is 0. The summed E-state index contributed by atoms with van der Waals surface area (Å²) in [5.74, 6) is -0.0593. The van der Waals surface area contributed by atoms with Crippen molar-refractivity contribution in [3.63, 3.8) is 0 Å². The molecule has 5 rings (SSSR count). The molecule has 8 heteroatoms. The maximum Gasteiger partial charge on any atom is 0.411 e. The van der Waals surface area contributed by atoms with Gasteiger partial charge in [0.1, 0.15) is 17.7 Å². The van der Waals surface area contributed by atoms with Crippen LogP contribution >= 0.6 is 0 Å². The molecule has 3 aromatic rings. The topological polar surface area (TPSA) is 95.1 Å². The van der Waals surface area contributed by atoms with Crippen molar-refractivity contribution >= 4 is 28.6 Å². The van der Waals surface area contributed by atoms with Crippen molar-refractivity contribution < 1.29 is 13.9 Å². The van der Waals surface area contributed by atoms with E-state index in [2.05, 4.69) is 15.3 Å². The third kappa shape index (κ3) is 3.54. The summed E-state index contributed by atoms with van der Waals surface area (Å²) in [4.78, 5) is 20.6. The van der Waals surface area contributed by atoms with Crippen molar-refractivity contribution in [2.45, 2.75) is 25.7 Å². The zero-order valence-electron chi connectivity index (χ0n) is 16.8. The fourth-order valence-electron chi connectivity index (χ4n) is 4.31. The first kappa shape index (κ1) is 19.3. The number of carbonyl (C=O) groups is 1. The average molecular weight is 419 g/mol. The van der Waals surface area contributed by atoms with Crippen LogP contribution in [0.5, 0.6) is 0 Å². The Morgan fingerprint density at radius 3 is 3.00 bits per heavy atom. The zero-order chi connectivity index (χ0) is 21.4. The highest BCUT2D eigenvalue weighted by Crippen LogP contribution is 2.36. The summed E-state index contributed by atoms with van der Waals surface area (Å²) < 4.78 is 22.1. The molecule has 2 aliphatic rings. The van der Waals surface area contributed by atoms with Gasteiger partial charge in [0.05, 0.1) is 17.8 Å². The molecule has 0 saturated heterocycles. The SMILES string of the molecule is Nc1ncnc2c3c(n(-c4ccc(NC(=O)OCC5C=CC=CC5)c(F)c4)c12)CCC3. The number of ether oxygens (including phenoxy) is 1. The van der Waals surface area contributed by atoms with Crippen LogP contribution in [0.1, 0.15) is 24.1 Å². The van der Waals surface area contributed by atoms with Crippen LogP contribution in [0.4, 0.5) is 20.7 Å². The minimum Gasteiger partial charge on any atom is -0.449 e. The van der Waals surface area contributed by atoms with Gasteiger partial charge in [-0.25, -0.2) is 19.2 Å². The molecule has 0 bridgehead atoms. The molecule has 1 amide bonds. The van der Waals surface area contributed by atoms with E-state index in [1.54, 1.807) is 6.07 Å². The molecule has 1 atom stereocenters. The molecule has 0 radical (unpaired) electrons. The van der Waals surface area contributed by atoms with Gasteiger partial charge in [-0.1, -0.05) is 24.3 Å². The Morgan fingerprint density at radius 1 is 1.29 bits per heavy atom. The number of amides is 1. The number of nitrogens with zero attached hydrogens (tertiary/aromatic N) is 3. The first-order chi connectivity index (χ1) is 15.1. The summed E-state index contributed by atoms with van der Waals surface area (Å²) in [7, 11) is 0. The Hall–Kier alpha value is -3.68. The van der Waals surface area contributed by atoms with Gasteiger partial charge in [0.2, 0.25) is 0 Å². The first-order valence-electron chi connectivity index (χ1n) is 10.3. The van der Waals surface area contributed by atoms with Gasteiger partial charge in [0.25, 0.3) is 0 Å². The van der Waals surface area contributed by atoms with E-state index in [9.17, 15) is 9.18 Å². The van der Waals surface area contributed by atoms with Gasteiger partial charge in [-0.3, -0.25) is 5.32 Å². The summed E-state index contributed by atoms with van der Waals surface area (Å²) in [6.07, 6.45) is 12.3.